The first-order valence-electron chi connectivity index (χ1n) is 6.71. The van der Waals surface area contributed by atoms with E-state index in [0.717, 1.165) is 37.6 Å². The van der Waals surface area contributed by atoms with Gasteiger partial charge in [-0.25, -0.2) is 9.97 Å². The molecule has 2 rings (SSSR count). The molecule has 20 heavy (non-hydrogen) atoms. The van der Waals surface area contributed by atoms with Gasteiger partial charge in [-0.05, 0) is 31.0 Å². The van der Waals surface area contributed by atoms with Gasteiger partial charge in [0.1, 0.15) is 12.1 Å². The zero-order valence-corrected chi connectivity index (χ0v) is 12.0. The first kappa shape index (κ1) is 14.4. The molecule has 0 aromatic carbocycles. The van der Waals surface area contributed by atoms with Gasteiger partial charge >= 0.3 is 0 Å². The van der Waals surface area contributed by atoms with Crippen molar-refractivity contribution in [1.29, 1.82) is 0 Å². The highest BCUT2D eigenvalue weighted by Gasteiger charge is 2.09. The summed E-state index contributed by atoms with van der Waals surface area (Å²) in [6, 6.07) is 6.06. The van der Waals surface area contributed by atoms with Crippen molar-refractivity contribution in [2.45, 2.75) is 19.9 Å². The van der Waals surface area contributed by atoms with E-state index in [9.17, 15) is 0 Å². The number of methoxy groups -OCH3 is 1. The average Bonchev–Trinajstić information content (AvgIpc) is 2.47. The van der Waals surface area contributed by atoms with Crippen molar-refractivity contribution >= 4 is 5.82 Å². The van der Waals surface area contributed by atoms with Crippen molar-refractivity contribution < 1.29 is 4.74 Å². The number of hydrogen-bond donors (Lipinski definition) is 0. The van der Waals surface area contributed by atoms with E-state index in [1.807, 2.05) is 37.5 Å². The van der Waals surface area contributed by atoms with Gasteiger partial charge in [-0.2, -0.15) is 0 Å². The van der Waals surface area contributed by atoms with Crippen LogP contribution < -0.4 is 4.90 Å². The van der Waals surface area contributed by atoms with Gasteiger partial charge in [-0.15, -0.1) is 0 Å². The number of ether oxygens (including phenoxy) is 1. The van der Waals surface area contributed by atoms with Crippen LogP contribution in [-0.4, -0.2) is 35.2 Å². The maximum atomic E-state index is 5.13. The van der Waals surface area contributed by atoms with Crippen LogP contribution in [-0.2, 0) is 11.3 Å². The van der Waals surface area contributed by atoms with Crippen LogP contribution in [0.25, 0.3) is 0 Å². The van der Waals surface area contributed by atoms with E-state index in [1.165, 1.54) is 5.56 Å². The Morgan fingerprint density at radius 3 is 2.70 bits per heavy atom. The fourth-order valence-electron chi connectivity index (χ4n) is 2.00. The van der Waals surface area contributed by atoms with Crippen LogP contribution in [0.5, 0.6) is 0 Å². The van der Waals surface area contributed by atoms with Crippen LogP contribution in [0.15, 0.2) is 36.9 Å². The molecule has 0 bridgehead atoms. The predicted molar refractivity (Wildman–Crippen MR) is 78.5 cm³/mol. The maximum Gasteiger partial charge on any atom is 0.132 e. The molecule has 0 amide bonds. The molecule has 0 aliphatic carbocycles. The molecule has 0 spiro atoms. The fraction of sp³-hybridized carbons (Fsp3) is 0.400. The summed E-state index contributed by atoms with van der Waals surface area (Å²) in [5, 5.41) is 0. The van der Waals surface area contributed by atoms with Crippen molar-refractivity contribution in [3.05, 3.63) is 48.2 Å². The second-order valence-electron chi connectivity index (χ2n) is 4.64. The van der Waals surface area contributed by atoms with Gasteiger partial charge in [-0.3, -0.25) is 4.98 Å². The number of rotatable bonds is 7. The molecule has 2 aromatic heterocycles. The second-order valence-corrected chi connectivity index (χ2v) is 4.64. The van der Waals surface area contributed by atoms with E-state index in [-0.39, 0.29) is 0 Å². The molecular weight excluding hydrogens is 252 g/mol. The zero-order valence-electron chi connectivity index (χ0n) is 12.0. The van der Waals surface area contributed by atoms with Gasteiger partial charge in [0.2, 0.25) is 0 Å². The van der Waals surface area contributed by atoms with Gasteiger partial charge in [0.25, 0.3) is 0 Å². The van der Waals surface area contributed by atoms with Crippen LogP contribution in [0.2, 0.25) is 0 Å². The van der Waals surface area contributed by atoms with Crippen LogP contribution in [0, 0.1) is 6.92 Å². The van der Waals surface area contributed by atoms with Gasteiger partial charge in [0, 0.05) is 51.0 Å². The van der Waals surface area contributed by atoms with Gasteiger partial charge in [0.05, 0.1) is 0 Å². The Hall–Kier alpha value is -2.01. The highest BCUT2D eigenvalue weighted by atomic mass is 16.5. The number of aryl methyl sites for hydroxylation is 1. The van der Waals surface area contributed by atoms with Gasteiger partial charge < -0.3 is 9.64 Å². The van der Waals surface area contributed by atoms with E-state index in [4.69, 9.17) is 4.74 Å². The number of hydrogen-bond acceptors (Lipinski definition) is 5. The molecule has 0 aliphatic heterocycles. The van der Waals surface area contributed by atoms with Crippen LogP contribution in [0.4, 0.5) is 5.82 Å². The Morgan fingerprint density at radius 2 is 2.00 bits per heavy atom. The third-order valence-corrected chi connectivity index (χ3v) is 3.01. The smallest absolute Gasteiger partial charge is 0.132 e. The molecule has 2 heterocycles. The Morgan fingerprint density at radius 1 is 1.20 bits per heavy atom. The van der Waals surface area contributed by atoms with E-state index < -0.39 is 0 Å². The number of aromatic nitrogens is 3. The molecule has 106 valence electrons. The molecule has 0 saturated carbocycles. The Labute approximate surface area is 119 Å². The van der Waals surface area contributed by atoms with Crippen LogP contribution in [0.1, 0.15) is 17.7 Å². The van der Waals surface area contributed by atoms with E-state index in [0.29, 0.717) is 0 Å². The minimum Gasteiger partial charge on any atom is -0.385 e. The molecular formula is C15H20N4O. The van der Waals surface area contributed by atoms with Crippen molar-refractivity contribution in [3.63, 3.8) is 0 Å². The lowest BCUT2D eigenvalue weighted by molar-refractivity contribution is 0.196. The summed E-state index contributed by atoms with van der Waals surface area (Å²) in [7, 11) is 1.72. The van der Waals surface area contributed by atoms with Crippen molar-refractivity contribution in [1.82, 2.24) is 15.0 Å². The molecule has 0 N–H and O–H groups in total. The normalized spacial score (nSPS) is 10.5. The third kappa shape index (κ3) is 4.28. The van der Waals surface area contributed by atoms with Gasteiger partial charge in [-0.1, -0.05) is 0 Å². The summed E-state index contributed by atoms with van der Waals surface area (Å²) < 4.78 is 5.13. The molecule has 2 aromatic rings. The Balaban J connectivity index is 2.11. The standard InChI is InChI=1S/C15H20N4O/c1-13-10-15(18-12-17-13)19(8-3-9-20-2)11-14-4-6-16-7-5-14/h4-7,10,12H,3,8-9,11H2,1-2H3. The van der Waals surface area contributed by atoms with E-state index in [1.54, 1.807) is 13.4 Å². The van der Waals surface area contributed by atoms with Crippen LogP contribution in [0.3, 0.4) is 0 Å². The first-order chi connectivity index (χ1) is 9.79. The quantitative estimate of drug-likeness (QED) is 0.723. The monoisotopic (exact) mass is 272 g/mol. The summed E-state index contributed by atoms with van der Waals surface area (Å²) in [5.41, 5.74) is 2.19. The summed E-state index contributed by atoms with van der Waals surface area (Å²) >= 11 is 0. The Bertz CT molecular complexity index is 518. The minimum atomic E-state index is 0.747. The predicted octanol–water partition coefficient (Wildman–Crippen LogP) is 2.22. The third-order valence-electron chi connectivity index (χ3n) is 3.01. The van der Waals surface area contributed by atoms with Crippen molar-refractivity contribution in [2.24, 2.45) is 0 Å². The van der Waals surface area contributed by atoms with Crippen molar-refractivity contribution in [2.75, 3.05) is 25.2 Å². The van der Waals surface area contributed by atoms with E-state index >= 15 is 0 Å². The Kier molecular flexibility index (Phi) is 5.43. The molecule has 5 nitrogen and oxygen atoms in total. The summed E-state index contributed by atoms with van der Waals surface area (Å²) in [5.74, 6) is 0.949. The molecule has 0 fully saturated rings. The molecule has 0 radical (unpaired) electrons. The van der Waals surface area contributed by atoms with Crippen LogP contribution >= 0.6 is 0 Å². The maximum absolute atomic E-state index is 5.13. The highest BCUT2D eigenvalue weighted by Crippen LogP contribution is 2.15. The fourth-order valence-corrected chi connectivity index (χ4v) is 2.00. The lowest BCUT2D eigenvalue weighted by atomic mass is 10.2. The summed E-state index contributed by atoms with van der Waals surface area (Å²) in [6.45, 7) is 4.43. The number of pyridine rings is 1. The van der Waals surface area contributed by atoms with E-state index in [2.05, 4.69) is 19.9 Å². The molecule has 0 saturated heterocycles. The molecule has 0 unspecified atom stereocenters. The number of anilines is 1. The molecule has 0 aliphatic rings. The largest absolute Gasteiger partial charge is 0.385 e. The molecule has 5 heteroatoms. The summed E-state index contributed by atoms with van der Waals surface area (Å²) in [4.78, 5) is 14.8. The lowest BCUT2D eigenvalue weighted by Crippen LogP contribution is -2.26. The first-order valence-corrected chi connectivity index (χ1v) is 6.71. The average molecular weight is 272 g/mol. The van der Waals surface area contributed by atoms with Crippen molar-refractivity contribution in [3.8, 4) is 0 Å². The highest BCUT2D eigenvalue weighted by molar-refractivity contribution is 5.39. The SMILES string of the molecule is COCCCN(Cc1ccncc1)c1cc(C)ncn1. The molecule has 0 atom stereocenters. The lowest BCUT2D eigenvalue weighted by Gasteiger charge is -2.23. The second kappa shape index (κ2) is 7.55. The summed E-state index contributed by atoms with van der Waals surface area (Å²) in [6.07, 6.45) is 6.20. The van der Waals surface area contributed by atoms with Gasteiger partial charge in [0.15, 0.2) is 0 Å². The number of nitrogens with zero attached hydrogens (tertiary/aromatic N) is 4. The zero-order chi connectivity index (χ0) is 14.2. The topological polar surface area (TPSA) is 51.1 Å². The minimum absolute atomic E-state index is 0.747.